The number of aromatic nitrogens is 6. The summed E-state index contributed by atoms with van der Waals surface area (Å²) in [4.78, 5) is 25.4. The molecule has 48 heavy (non-hydrogen) atoms. The van der Waals surface area contributed by atoms with Crippen molar-refractivity contribution in [1.29, 1.82) is 5.26 Å². The van der Waals surface area contributed by atoms with Gasteiger partial charge in [-0.3, -0.25) is 4.79 Å². The molecular formula is C37H35N9O2. The Labute approximate surface area is 277 Å². The van der Waals surface area contributed by atoms with Crippen LogP contribution in [-0.2, 0) is 13.1 Å². The zero-order chi connectivity index (χ0) is 32.5. The van der Waals surface area contributed by atoms with Crippen LogP contribution in [0.1, 0.15) is 47.3 Å². The maximum Gasteiger partial charge on any atom is 0.254 e. The molecule has 11 heteroatoms. The van der Waals surface area contributed by atoms with Crippen LogP contribution in [0.15, 0.2) is 73.2 Å². The molecule has 3 atom stereocenters. The number of pyridine rings is 1. The van der Waals surface area contributed by atoms with Crippen LogP contribution in [-0.4, -0.2) is 65.4 Å². The van der Waals surface area contributed by atoms with Crippen molar-refractivity contribution in [1.82, 2.24) is 33.8 Å². The summed E-state index contributed by atoms with van der Waals surface area (Å²) in [5.41, 5.74) is 12.6. The molecule has 9 rings (SSSR count). The lowest BCUT2D eigenvalue weighted by Crippen LogP contribution is -2.41. The van der Waals surface area contributed by atoms with E-state index in [1.54, 1.807) is 30.3 Å². The Bertz CT molecular complexity index is 2270. The van der Waals surface area contributed by atoms with Gasteiger partial charge in [0.05, 0.1) is 31.1 Å². The fourth-order valence-corrected chi connectivity index (χ4v) is 7.88. The summed E-state index contributed by atoms with van der Waals surface area (Å²) in [6.45, 7) is 2.05. The highest BCUT2D eigenvalue weighted by atomic mass is 16.5. The number of rotatable bonds is 8. The summed E-state index contributed by atoms with van der Waals surface area (Å²) in [5, 5.41) is 15.4. The van der Waals surface area contributed by atoms with Gasteiger partial charge in [0, 0.05) is 59.6 Å². The van der Waals surface area contributed by atoms with Crippen molar-refractivity contribution < 1.29 is 9.53 Å². The third-order valence-electron chi connectivity index (χ3n) is 10.5. The summed E-state index contributed by atoms with van der Waals surface area (Å²) in [6, 6.07) is 20.3. The molecule has 3 fully saturated rings. The molecule has 4 aromatic heterocycles. The second-order valence-electron chi connectivity index (χ2n) is 13.4. The Hall–Kier alpha value is -5.47. The Morgan fingerprint density at radius 2 is 1.96 bits per heavy atom. The van der Waals surface area contributed by atoms with Gasteiger partial charge in [-0.15, -0.1) is 0 Å². The van der Waals surface area contributed by atoms with Crippen LogP contribution in [0, 0.1) is 23.2 Å². The predicted molar refractivity (Wildman–Crippen MR) is 181 cm³/mol. The quantitative estimate of drug-likeness (QED) is 0.244. The third kappa shape index (κ3) is 4.58. The van der Waals surface area contributed by atoms with E-state index in [1.807, 2.05) is 29.3 Å². The predicted octanol–water partition coefficient (Wildman–Crippen LogP) is 5.14. The first-order chi connectivity index (χ1) is 23.5. The van der Waals surface area contributed by atoms with Crippen LogP contribution in [0.4, 0.5) is 0 Å². The number of piperidine rings is 1. The maximum atomic E-state index is 14.0. The topological polar surface area (TPSA) is 133 Å². The number of hydrogen-bond donors (Lipinski definition) is 1. The number of ether oxygens (including phenoxy) is 1. The molecule has 1 saturated heterocycles. The van der Waals surface area contributed by atoms with E-state index in [9.17, 15) is 10.1 Å². The normalized spacial score (nSPS) is 20.2. The second kappa shape index (κ2) is 11.1. The zero-order valence-electron chi connectivity index (χ0n) is 26.7. The van der Waals surface area contributed by atoms with Crippen molar-refractivity contribution in [3.8, 4) is 29.0 Å². The number of nitrogens with two attached hydrogens (primary N) is 1. The minimum Gasteiger partial charge on any atom is -0.494 e. The highest BCUT2D eigenvalue weighted by Gasteiger charge is 2.47. The molecule has 1 aliphatic heterocycles. The van der Waals surface area contributed by atoms with Gasteiger partial charge >= 0.3 is 0 Å². The standard InChI is InChI=1S/C37H35N9O2/c1-48-33-15-26(37(47)44-21-25-10-11-31(44)34(25)39)13-27-35(33)45(19-23-17-41-46(20-23)30-7-4-12-40-28(30)16-38)36(42-27)32-14-24-5-2-3-6-29(24)43(32)18-22-8-9-22/h2-7,12-15,17,20,22,25,31,34H,8-11,18-19,21,39H2,1H3/t25?,31?,34-/m1/s1. The van der Waals surface area contributed by atoms with Crippen molar-refractivity contribution in [3.05, 3.63) is 90.0 Å². The number of benzene rings is 2. The third-order valence-corrected chi connectivity index (χ3v) is 10.5. The van der Waals surface area contributed by atoms with Crippen molar-refractivity contribution >= 4 is 27.8 Å². The number of carbonyl (C=O) groups is 1. The number of imidazole rings is 1. The van der Waals surface area contributed by atoms with Crippen LogP contribution in [0.25, 0.3) is 39.1 Å². The van der Waals surface area contributed by atoms with Gasteiger partial charge in [-0.2, -0.15) is 10.4 Å². The van der Waals surface area contributed by atoms with E-state index in [4.69, 9.17) is 15.5 Å². The van der Waals surface area contributed by atoms with Crippen LogP contribution in [0.2, 0.25) is 0 Å². The first-order valence-corrected chi connectivity index (χ1v) is 16.6. The molecule has 11 nitrogen and oxygen atoms in total. The highest BCUT2D eigenvalue weighted by molar-refractivity contribution is 6.00. The number of amides is 1. The smallest absolute Gasteiger partial charge is 0.254 e. The molecule has 2 aliphatic carbocycles. The molecule has 240 valence electrons. The Kier molecular flexibility index (Phi) is 6.62. The number of likely N-dealkylation sites (tertiary alicyclic amines) is 1. The molecule has 3 aliphatic rings. The van der Waals surface area contributed by atoms with E-state index in [-0.39, 0.29) is 18.0 Å². The lowest BCUT2D eigenvalue weighted by molar-refractivity contribution is 0.0700. The average Bonchev–Trinajstić information content (AvgIpc) is 3.42. The summed E-state index contributed by atoms with van der Waals surface area (Å²) in [5.74, 6) is 2.35. The van der Waals surface area contributed by atoms with Gasteiger partial charge < -0.3 is 24.5 Å². The first kappa shape index (κ1) is 28.7. The van der Waals surface area contributed by atoms with Crippen molar-refractivity contribution in [3.63, 3.8) is 0 Å². The molecule has 2 unspecified atom stereocenters. The fourth-order valence-electron chi connectivity index (χ4n) is 7.88. The van der Waals surface area contributed by atoms with Gasteiger partial charge in [-0.1, -0.05) is 18.2 Å². The molecule has 2 saturated carbocycles. The molecule has 0 spiro atoms. The number of carbonyl (C=O) groups excluding carboxylic acids is 1. The molecule has 2 N–H and O–H groups in total. The van der Waals surface area contributed by atoms with E-state index in [0.717, 1.165) is 47.4 Å². The minimum atomic E-state index is -0.0251. The number of nitriles is 1. The molecule has 2 bridgehead atoms. The molecule has 6 aromatic rings. The number of hydrogen-bond acceptors (Lipinski definition) is 7. The fraction of sp³-hybridized carbons (Fsp3) is 0.324. The van der Waals surface area contributed by atoms with E-state index < -0.39 is 0 Å². The monoisotopic (exact) mass is 637 g/mol. The van der Waals surface area contributed by atoms with E-state index in [0.29, 0.717) is 53.1 Å². The van der Waals surface area contributed by atoms with Gasteiger partial charge in [0.25, 0.3) is 5.91 Å². The largest absolute Gasteiger partial charge is 0.494 e. The lowest BCUT2D eigenvalue weighted by Gasteiger charge is -2.27. The van der Waals surface area contributed by atoms with Gasteiger partial charge in [0.2, 0.25) is 0 Å². The number of methoxy groups -OCH3 is 1. The van der Waals surface area contributed by atoms with Gasteiger partial charge in [0.1, 0.15) is 23.0 Å². The highest BCUT2D eigenvalue weighted by Crippen LogP contribution is 2.41. The zero-order valence-corrected chi connectivity index (χ0v) is 26.7. The van der Waals surface area contributed by atoms with Crippen LogP contribution in [0.3, 0.4) is 0 Å². The van der Waals surface area contributed by atoms with E-state index in [1.165, 1.54) is 18.4 Å². The number of para-hydroxylation sites is 1. The summed E-state index contributed by atoms with van der Waals surface area (Å²) in [7, 11) is 1.64. The van der Waals surface area contributed by atoms with Crippen LogP contribution >= 0.6 is 0 Å². The van der Waals surface area contributed by atoms with Crippen LogP contribution in [0.5, 0.6) is 5.75 Å². The van der Waals surface area contributed by atoms with Crippen molar-refractivity contribution in [2.75, 3.05) is 13.7 Å². The van der Waals surface area contributed by atoms with Gasteiger partial charge in [-0.25, -0.2) is 14.6 Å². The Balaban J connectivity index is 1.20. The van der Waals surface area contributed by atoms with Gasteiger partial charge in [-0.05, 0) is 73.9 Å². The molecule has 1 amide bonds. The lowest BCUT2D eigenvalue weighted by atomic mass is 10.1. The van der Waals surface area contributed by atoms with E-state index in [2.05, 4.69) is 55.6 Å². The second-order valence-corrected chi connectivity index (χ2v) is 13.4. The summed E-state index contributed by atoms with van der Waals surface area (Å²) >= 11 is 0. The average molecular weight is 638 g/mol. The first-order valence-electron chi connectivity index (χ1n) is 16.6. The molecule has 5 heterocycles. The number of fused-ring (bicyclic) bond motifs is 4. The minimum absolute atomic E-state index is 0.0251. The van der Waals surface area contributed by atoms with Crippen LogP contribution < -0.4 is 10.5 Å². The van der Waals surface area contributed by atoms with E-state index >= 15 is 0 Å². The Morgan fingerprint density at radius 1 is 1.08 bits per heavy atom. The van der Waals surface area contributed by atoms with Crippen molar-refractivity contribution in [2.24, 2.45) is 17.6 Å². The molecular weight excluding hydrogens is 602 g/mol. The van der Waals surface area contributed by atoms with Gasteiger partial charge in [0.15, 0.2) is 11.5 Å². The maximum absolute atomic E-state index is 14.0. The SMILES string of the molecule is COc1cc(C(=O)N2CC3CCC2[C@@H]3N)cc2nc(-c3cc4ccccc4n3CC3CC3)n(Cc3cnn(-c4cccnc4C#N)c3)c12. The number of nitrogens with zero attached hydrogens (tertiary/aromatic N) is 8. The molecule has 0 radical (unpaired) electrons. The summed E-state index contributed by atoms with van der Waals surface area (Å²) < 4.78 is 12.3. The summed E-state index contributed by atoms with van der Waals surface area (Å²) in [6.07, 6.45) is 9.80. The van der Waals surface area contributed by atoms with Crippen molar-refractivity contribution in [2.45, 2.75) is 50.9 Å². The Morgan fingerprint density at radius 3 is 2.73 bits per heavy atom. The molecule has 2 aromatic carbocycles.